The van der Waals surface area contributed by atoms with Crippen molar-refractivity contribution in [1.82, 2.24) is 0 Å². The summed E-state index contributed by atoms with van der Waals surface area (Å²) in [5, 5.41) is 0. The molecule has 4 aromatic carbocycles. The van der Waals surface area contributed by atoms with Gasteiger partial charge in [-0.15, -0.1) is 12.8 Å². The van der Waals surface area contributed by atoms with E-state index < -0.39 is 12.1 Å². The van der Waals surface area contributed by atoms with Crippen molar-refractivity contribution >= 4 is 11.4 Å². The summed E-state index contributed by atoms with van der Waals surface area (Å²) in [6.07, 6.45) is 11.2. The molecule has 0 amide bonds. The Kier molecular flexibility index (Phi) is 6.58. The number of hydrogen-bond donors (Lipinski definition) is 0. The van der Waals surface area contributed by atoms with Crippen LogP contribution >= 0.6 is 0 Å². The molecule has 5 heteroatoms. The molecular formula is C35H29FN2O2. The standard InChI is InChI=1S/C35H29FN2O2/c1-4-25-8-6-10-31(16-25)37-20-27-18-29(12-14-33(27)39-23-37)35(3,22-36)30-13-15-34-28(19-30)21-38(24-40-34)32-11-7-9-26(5-2)17-32/h1-2,6-19H,20-24H2,3H3. The minimum absolute atomic E-state index is 0.423. The number of alkyl halides is 1. The molecule has 0 fully saturated rings. The van der Waals surface area contributed by atoms with Gasteiger partial charge in [-0.2, -0.15) is 0 Å². The Labute approximate surface area is 235 Å². The highest BCUT2D eigenvalue weighted by atomic mass is 19.1. The fourth-order valence-electron chi connectivity index (χ4n) is 5.41. The Bertz CT molecular complexity index is 1550. The Morgan fingerprint density at radius 1 is 0.725 bits per heavy atom. The molecule has 0 saturated carbocycles. The van der Waals surface area contributed by atoms with Crippen LogP contribution in [0.2, 0.25) is 0 Å². The number of hydrogen-bond acceptors (Lipinski definition) is 4. The van der Waals surface area contributed by atoms with Crippen LogP contribution in [0.1, 0.15) is 40.3 Å². The molecule has 0 aromatic heterocycles. The minimum atomic E-state index is -0.846. The first-order chi connectivity index (χ1) is 19.5. The summed E-state index contributed by atoms with van der Waals surface area (Å²) >= 11 is 0. The minimum Gasteiger partial charge on any atom is -0.473 e. The number of benzene rings is 4. The third kappa shape index (κ3) is 4.61. The Morgan fingerprint density at radius 2 is 1.20 bits per heavy atom. The van der Waals surface area contributed by atoms with Gasteiger partial charge in [-0.05, 0) is 78.7 Å². The molecule has 40 heavy (non-hydrogen) atoms. The van der Waals surface area contributed by atoms with Gasteiger partial charge in [0, 0.05) is 52.1 Å². The number of terminal acetylenes is 2. The average molecular weight is 529 g/mol. The molecule has 2 aliphatic rings. The van der Waals surface area contributed by atoms with Crippen LogP contribution in [0.25, 0.3) is 0 Å². The summed E-state index contributed by atoms with van der Waals surface area (Å²) in [6.45, 7) is 3.53. The van der Waals surface area contributed by atoms with Crippen molar-refractivity contribution in [3.05, 3.63) is 118 Å². The van der Waals surface area contributed by atoms with Crippen LogP contribution in [0.15, 0.2) is 84.9 Å². The topological polar surface area (TPSA) is 24.9 Å². The van der Waals surface area contributed by atoms with E-state index in [0.717, 1.165) is 56.3 Å². The van der Waals surface area contributed by atoms with E-state index in [1.807, 2.05) is 79.7 Å². The molecule has 198 valence electrons. The van der Waals surface area contributed by atoms with Gasteiger partial charge in [0.25, 0.3) is 0 Å². The first-order valence-corrected chi connectivity index (χ1v) is 13.2. The molecule has 4 aromatic rings. The maximum atomic E-state index is 15.0. The zero-order valence-corrected chi connectivity index (χ0v) is 22.4. The lowest BCUT2D eigenvalue weighted by molar-refractivity contribution is 0.288. The molecule has 0 unspecified atom stereocenters. The Morgan fingerprint density at radius 3 is 1.62 bits per heavy atom. The molecule has 0 aliphatic carbocycles. The van der Waals surface area contributed by atoms with Crippen LogP contribution in [0.4, 0.5) is 15.8 Å². The summed E-state index contributed by atoms with van der Waals surface area (Å²) in [5.74, 6) is 7.02. The maximum Gasteiger partial charge on any atom is 0.161 e. The predicted octanol–water partition coefficient (Wildman–Crippen LogP) is 6.64. The van der Waals surface area contributed by atoms with Crippen molar-refractivity contribution in [2.45, 2.75) is 25.4 Å². The average Bonchev–Trinajstić information content (AvgIpc) is 3.03. The fourth-order valence-corrected chi connectivity index (χ4v) is 5.41. The zero-order valence-electron chi connectivity index (χ0n) is 22.4. The van der Waals surface area contributed by atoms with Gasteiger partial charge in [0.05, 0.1) is 0 Å². The first-order valence-electron chi connectivity index (χ1n) is 13.2. The van der Waals surface area contributed by atoms with Gasteiger partial charge in [-0.25, -0.2) is 4.39 Å². The highest BCUT2D eigenvalue weighted by Crippen LogP contribution is 2.40. The second-order valence-corrected chi connectivity index (χ2v) is 10.4. The van der Waals surface area contributed by atoms with Gasteiger partial charge in [0.2, 0.25) is 0 Å². The molecule has 0 spiro atoms. The number of rotatable bonds is 5. The zero-order chi connectivity index (χ0) is 27.7. The molecule has 0 atom stereocenters. The van der Waals surface area contributed by atoms with E-state index in [9.17, 15) is 0 Å². The molecule has 6 rings (SSSR count). The van der Waals surface area contributed by atoms with Gasteiger partial charge < -0.3 is 19.3 Å². The van der Waals surface area contributed by atoms with E-state index in [1.54, 1.807) is 0 Å². The van der Waals surface area contributed by atoms with Gasteiger partial charge >= 0.3 is 0 Å². The van der Waals surface area contributed by atoms with E-state index in [4.69, 9.17) is 22.3 Å². The van der Waals surface area contributed by atoms with Gasteiger partial charge in [-0.3, -0.25) is 0 Å². The Balaban J connectivity index is 1.29. The second-order valence-electron chi connectivity index (χ2n) is 10.4. The van der Waals surface area contributed by atoms with Crippen LogP contribution in [-0.4, -0.2) is 20.1 Å². The third-order valence-corrected chi connectivity index (χ3v) is 7.89. The van der Waals surface area contributed by atoms with Crippen molar-refractivity contribution in [3.8, 4) is 36.2 Å². The van der Waals surface area contributed by atoms with E-state index in [2.05, 4.69) is 33.8 Å². The van der Waals surface area contributed by atoms with Crippen LogP contribution in [-0.2, 0) is 18.5 Å². The molecule has 0 bridgehead atoms. The third-order valence-electron chi connectivity index (χ3n) is 7.89. The molecule has 2 aliphatic heterocycles. The van der Waals surface area contributed by atoms with Crippen molar-refractivity contribution in [3.63, 3.8) is 0 Å². The largest absolute Gasteiger partial charge is 0.473 e. The lowest BCUT2D eigenvalue weighted by Gasteiger charge is -2.35. The summed E-state index contributed by atoms with van der Waals surface area (Å²) in [7, 11) is 0. The SMILES string of the molecule is C#Cc1cccc(N2COc3ccc(C(C)(CF)c4ccc5c(c4)CN(c4cccc(C#C)c4)CO5)cc3C2)c1. The first kappa shape index (κ1) is 25.4. The fraction of sp³-hybridized carbons (Fsp3) is 0.200. The number of ether oxygens (including phenoxy) is 2. The molecular weight excluding hydrogens is 499 g/mol. The van der Waals surface area contributed by atoms with Gasteiger partial charge in [-0.1, -0.05) is 36.1 Å². The van der Waals surface area contributed by atoms with Crippen LogP contribution in [0, 0.1) is 24.7 Å². The smallest absolute Gasteiger partial charge is 0.161 e. The maximum absolute atomic E-state index is 15.0. The number of fused-ring (bicyclic) bond motifs is 2. The highest BCUT2D eigenvalue weighted by molar-refractivity contribution is 5.57. The monoisotopic (exact) mass is 528 g/mol. The van der Waals surface area contributed by atoms with Crippen molar-refractivity contribution < 1.29 is 13.9 Å². The Hall–Kier alpha value is -4.87. The van der Waals surface area contributed by atoms with E-state index in [0.29, 0.717) is 26.6 Å². The quantitative estimate of drug-likeness (QED) is 0.271. The summed E-state index contributed by atoms with van der Waals surface area (Å²) in [4.78, 5) is 4.25. The summed E-state index contributed by atoms with van der Waals surface area (Å²) < 4.78 is 27.1. The van der Waals surface area contributed by atoms with Crippen molar-refractivity contribution in [2.75, 3.05) is 29.9 Å². The van der Waals surface area contributed by atoms with E-state index in [1.165, 1.54) is 0 Å². The van der Waals surface area contributed by atoms with Gasteiger partial charge in [0.15, 0.2) is 13.5 Å². The summed E-state index contributed by atoms with van der Waals surface area (Å²) in [6, 6.07) is 27.7. The van der Waals surface area contributed by atoms with Crippen molar-refractivity contribution in [2.24, 2.45) is 0 Å². The van der Waals surface area contributed by atoms with Crippen molar-refractivity contribution in [1.29, 1.82) is 0 Å². The molecule has 4 nitrogen and oxygen atoms in total. The normalized spacial score (nSPS) is 14.2. The predicted molar refractivity (Wildman–Crippen MR) is 157 cm³/mol. The molecule has 0 radical (unpaired) electrons. The van der Waals surface area contributed by atoms with Gasteiger partial charge in [0.1, 0.15) is 18.2 Å². The molecule has 2 heterocycles. The second kappa shape index (κ2) is 10.4. The van der Waals surface area contributed by atoms with Crippen LogP contribution < -0.4 is 19.3 Å². The lowest BCUT2D eigenvalue weighted by atomic mass is 9.76. The van der Waals surface area contributed by atoms with Crippen LogP contribution in [0.5, 0.6) is 11.5 Å². The van der Waals surface area contributed by atoms with E-state index >= 15 is 4.39 Å². The molecule has 0 N–H and O–H groups in total. The molecule has 0 saturated heterocycles. The van der Waals surface area contributed by atoms with Crippen LogP contribution in [0.3, 0.4) is 0 Å². The summed E-state index contributed by atoms with van der Waals surface area (Å²) in [5.41, 5.74) is 6.59. The lowest BCUT2D eigenvalue weighted by Crippen LogP contribution is -2.34. The number of nitrogens with zero attached hydrogens (tertiary/aromatic N) is 2. The number of halogens is 1. The number of anilines is 2. The highest BCUT2D eigenvalue weighted by Gasteiger charge is 2.32. The van der Waals surface area contributed by atoms with E-state index in [-0.39, 0.29) is 0 Å².